The molecule has 2 aromatic heterocycles. The molecule has 25 heavy (non-hydrogen) atoms. The Morgan fingerprint density at radius 2 is 1.84 bits per heavy atom. The predicted molar refractivity (Wildman–Crippen MR) is 79.1 cm³/mol. The van der Waals surface area contributed by atoms with E-state index in [4.69, 9.17) is 14.9 Å². The number of nitrogens with two attached hydrogens (primary N) is 1. The summed E-state index contributed by atoms with van der Waals surface area (Å²) in [5.41, 5.74) is 6.13. The van der Waals surface area contributed by atoms with E-state index in [2.05, 4.69) is 20.2 Å². The number of hydrogen-bond donors (Lipinski definition) is 1. The van der Waals surface area contributed by atoms with E-state index in [0.717, 1.165) is 0 Å². The average molecular weight is 351 g/mol. The van der Waals surface area contributed by atoms with E-state index < -0.39 is 24.2 Å². The normalized spacial score (nSPS) is 12.4. The van der Waals surface area contributed by atoms with Crippen LogP contribution in [0.25, 0.3) is 11.5 Å². The molecule has 130 valence electrons. The lowest BCUT2D eigenvalue weighted by Crippen LogP contribution is -2.20. The van der Waals surface area contributed by atoms with E-state index in [1.165, 1.54) is 18.5 Å². The molecule has 1 unspecified atom stereocenters. The largest absolute Gasteiger partial charge is 0.454 e. The summed E-state index contributed by atoms with van der Waals surface area (Å²) in [6.07, 6.45) is -1.11. The van der Waals surface area contributed by atoms with E-state index >= 15 is 0 Å². The van der Waals surface area contributed by atoms with Crippen LogP contribution in [0, 0.1) is 5.82 Å². The molecule has 7 nitrogen and oxygen atoms in total. The van der Waals surface area contributed by atoms with Gasteiger partial charge < -0.3 is 14.9 Å². The highest BCUT2D eigenvalue weighted by atomic mass is 19.3. The number of nitrogens with zero attached hydrogens (tertiary/aromatic N) is 4. The molecule has 1 aromatic carbocycles. The molecule has 0 amide bonds. The highest BCUT2D eigenvalue weighted by Crippen LogP contribution is 2.24. The van der Waals surface area contributed by atoms with Crippen molar-refractivity contribution < 1.29 is 22.3 Å². The minimum atomic E-state index is -2.86. The highest BCUT2D eigenvalue weighted by molar-refractivity contribution is 5.49. The zero-order chi connectivity index (χ0) is 17.8. The maximum absolute atomic E-state index is 13.8. The van der Waals surface area contributed by atoms with Crippen LogP contribution in [0.1, 0.15) is 24.0 Å². The maximum Gasteiger partial charge on any atom is 0.316 e. The van der Waals surface area contributed by atoms with Gasteiger partial charge in [0.1, 0.15) is 11.9 Å². The highest BCUT2D eigenvalue weighted by Gasteiger charge is 2.19. The van der Waals surface area contributed by atoms with Gasteiger partial charge in [0, 0.05) is 24.5 Å². The third-order valence-electron chi connectivity index (χ3n) is 3.22. The van der Waals surface area contributed by atoms with Crippen molar-refractivity contribution in [2.45, 2.75) is 12.5 Å². The fraction of sp³-hybridized carbons (Fsp3) is 0.200. The van der Waals surface area contributed by atoms with Crippen LogP contribution in [-0.4, -0.2) is 26.7 Å². The quantitative estimate of drug-likeness (QED) is 0.729. The molecular formula is C15H12F3N5O2. The molecular weight excluding hydrogens is 339 g/mol. The van der Waals surface area contributed by atoms with E-state index in [1.54, 1.807) is 18.2 Å². The second-order valence-corrected chi connectivity index (χ2v) is 4.86. The molecule has 0 bridgehead atoms. The van der Waals surface area contributed by atoms with Gasteiger partial charge >= 0.3 is 12.4 Å². The number of alkyl halides is 2. The van der Waals surface area contributed by atoms with Crippen LogP contribution in [0.5, 0.6) is 6.01 Å². The molecule has 0 fully saturated rings. The minimum absolute atomic E-state index is 0.00739. The van der Waals surface area contributed by atoms with E-state index in [-0.39, 0.29) is 29.6 Å². The Labute approximate surface area is 139 Å². The lowest BCUT2D eigenvalue weighted by molar-refractivity contribution is 0.116. The van der Waals surface area contributed by atoms with Crippen molar-refractivity contribution in [2.24, 2.45) is 5.73 Å². The Morgan fingerprint density at radius 3 is 2.44 bits per heavy atom. The van der Waals surface area contributed by atoms with E-state index in [0.29, 0.717) is 0 Å². The topological polar surface area (TPSA) is 100.0 Å². The molecule has 3 aromatic rings. The molecule has 10 heteroatoms. The van der Waals surface area contributed by atoms with Gasteiger partial charge in [-0.25, -0.2) is 14.4 Å². The standard InChI is InChI=1S/C15H12F3N5O2/c16-10-4-2-1-3-9(10)11(5-19)24-15-20-6-8(7-21-15)13-22-23-14(25-13)12(17)18/h1-4,6-7,11-12H,5,19H2. The Morgan fingerprint density at radius 1 is 1.12 bits per heavy atom. The van der Waals surface area contributed by atoms with Crippen molar-refractivity contribution in [2.75, 3.05) is 6.54 Å². The fourth-order valence-corrected chi connectivity index (χ4v) is 2.03. The third-order valence-corrected chi connectivity index (χ3v) is 3.22. The van der Waals surface area contributed by atoms with Crippen molar-refractivity contribution in [3.8, 4) is 17.5 Å². The molecule has 0 aliphatic carbocycles. The zero-order valence-corrected chi connectivity index (χ0v) is 12.6. The summed E-state index contributed by atoms with van der Waals surface area (Å²) < 4.78 is 49.0. The van der Waals surface area contributed by atoms with Crippen molar-refractivity contribution in [1.82, 2.24) is 20.2 Å². The average Bonchev–Trinajstić information content (AvgIpc) is 3.11. The summed E-state index contributed by atoms with van der Waals surface area (Å²) in [4.78, 5) is 7.85. The van der Waals surface area contributed by atoms with Crippen LogP contribution in [0.15, 0.2) is 41.1 Å². The van der Waals surface area contributed by atoms with Crippen molar-refractivity contribution >= 4 is 0 Å². The molecule has 1 atom stereocenters. The van der Waals surface area contributed by atoms with Crippen LogP contribution in [0.2, 0.25) is 0 Å². The summed E-state index contributed by atoms with van der Waals surface area (Å²) in [7, 11) is 0. The third kappa shape index (κ3) is 3.74. The molecule has 0 saturated heterocycles. The smallest absolute Gasteiger partial charge is 0.316 e. The van der Waals surface area contributed by atoms with E-state index in [9.17, 15) is 13.2 Å². The number of ether oxygens (including phenoxy) is 1. The van der Waals surface area contributed by atoms with Gasteiger partial charge in [-0.15, -0.1) is 10.2 Å². The molecule has 0 aliphatic rings. The first kappa shape index (κ1) is 16.8. The molecule has 3 rings (SSSR count). The summed E-state index contributed by atoms with van der Waals surface area (Å²) >= 11 is 0. The van der Waals surface area contributed by atoms with Crippen molar-refractivity contribution in [1.29, 1.82) is 0 Å². The zero-order valence-electron chi connectivity index (χ0n) is 12.6. The van der Waals surface area contributed by atoms with Crippen molar-refractivity contribution in [3.63, 3.8) is 0 Å². The van der Waals surface area contributed by atoms with Crippen molar-refractivity contribution in [3.05, 3.63) is 53.9 Å². The van der Waals surface area contributed by atoms with Gasteiger partial charge in [0.25, 0.3) is 11.8 Å². The molecule has 0 saturated carbocycles. The van der Waals surface area contributed by atoms with Gasteiger partial charge in [0.05, 0.1) is 5.56 Å². The summed E-state index contributed by atoms with van der Waals surface area (Å²) in [5.74, 6) is -1.40. The first-order valence-electron chi connectivity index (χ1n) is 7.13. The first-order valence-corrected chi connectivity index (χ1v) is 7.13. The second kappa shape index (κ2) is 7.26. The summed E-state index contributed by atoms with van der Waals surface area (Å²) in [6.45, 7) is 0.00739. The number of aromatic nitrogens is 4. The maximum atomic E-state index is 13.8. The minimum Gasteiger partial charge on any atom is -0.454 e. The molecule has 2 heterocycles. The fourth-order valence-electron chi connectivity index (χ4n) is 2.03. The molecule has 0 spiro atoms. The van der Waals surface area contributed by atoms with Crippen LogP contribution in [0.3, 0.4) is 0 Å². The lowest BCUT2D eigenvalue weighted by atomic mass is 10.1. The number of benzene rings is 1. The Bertz CT molecular complexity index is 841. The molecule has 2 N–H and O–H groups in total. The van der Waals surface area contributed by atoms with Gasteiger partial charge in [-0.05, 0) is 6.07 Å². The van der Waals surface area contributed by atoms with Crippen LogP contribution in [0.4, 0.5) is 13.2 Å². The lowest BCUT2D eigenvalue weighted by Gasteiger charge is -2.16. The Hall–Kier alpha value is -3.01. The van der Waals surface area contributed by atoms with Crippen LogP contribution in [-0.2, 0) is 0 Å². The van der Waals surface area contributed by atoms with Gasteiger partial charge in [0.2, 0.25) is 0 Å². The van der Waals surface area contributed by atoms with Crippen LogP contribution < -0.4 is 10.5 Å². The first-order chi connectivity index (χ1) is 12.1. The number of hydrogen-bond acceptors (Lipinski definition) is 7. The number of rotatable bonds is 6. The van der Waals surface area contributed by atoms with Crippen LogP contribution >= 0.6 is 0 Å². The summed E-state index contributed by atoms with van der Waals surface area (Å²) in [5, 5.41) is 6.70. The predicted octanol–water partition coefficient (Wildman–Crippen LogP) is 2.68. The van der Waals surface area contributed by atoms with Gasteiger partial charge in [0.15, 0.2) is 0 Å². The summed E-state index contributed by atoms with van der Waals surface area (Å²) in [6, 6.07) is 5.99. The second-order valence-electron chi connectivity index (χ2n) is 4.86. The Balaban J connectivity index is 1.76. The van der Waals surface area contributed by atoms with Gasteiger partial charge in [-0.1, -0.05) is 18.2 Å². The SMILES string of the molecule is NCC(Oc1ncc(-c2nnc(C(F)F)o2)cn1)c1ccccc1F. The molecule has 0 aliphatic heterocycles. The Kier molecular flexibility index (Phi) is 4.89. The van der Waals surface area contributed by atoms with Gasteiger partial charge in [-0.2, -0.15) is 8.78 Å². The molecule has 0 radical (unpaired) electrons. The number of halogens is 3. The van der Waals surface area contributed by atoms with Gasteiger partial charge in [-0.3, -0.25) is 0 Å². The van der Waals surface area contributed by atoms with E-state index in [1.807, 2.05) is 0 Å². The monoisotopic (exact) mass is 351 g/mol.